The number of rotatable bonds is 10. The highest BCUT2D eigenvalue weighted by Gasteiger charge is 2.51. The molecule has 2 aliphatic carbocycles. The molecule has 42 heavy (non-hydrogen) atoms. The largest absolute Gasteiger partial charge is 0.508 e. The van der Waals surface area contributed by atoms with Gasteiger partial charge in [0.05, 0.1) is 6.61 Å². The lowest BCUT2D eigenvalue weighted by atomic mass is 9.73. The number of Topliss-reactive ketones (excluding diaryl/α,β-unsaturated/α-hetero) is 1. The van der Waals surface area contributed by atoms with Crippen molar-refractivity contribution in [1.29, 1.82) is 0 Å². The minimum atomic E-state index is -0.917. The maximum atomic E-state index is 13.7. The maximum absolute atomic E-state index is 13.7. The van der Waals surface area contributed by atoms with Crippen LogP contribution < -0.4 is 4.74 Å². The number of cyclic esters (lactones) is 1. The maximum Gasteiger partial charge on any atom is 0.317 e. The predicted molar refractivity (Wildman–Crippen MR) is 156 cm³/mol. The number of phenols is 1. The predicted octanol–water partition coefficient (Wildman–Crippen LogP) is 5.42. The van der Waals surface area contributed by atoms with Crippen molar-refractivity contribution in [3.63, 3.8) is 0 Å². The van der Waals surface area contributed by atoms with Crippen LogP contribution in [0.15, 0.2) is 18.2 Å². The molecule has 224 valence electrons. The third-order valence-corrected chi connectivity index (χ3v) is 9.76. The van der Waals surface area contributed by atoms with Crippen molar-refractivity contribution in [2.45, 2.75) is 103 Å². The number of nitrogens with zero attached hydrogens (tertiary/aromatic N) is 4. The van der Waals surface area contributed by atoms with E-state index in [1.54, 1.807) is 10.6 Å². The third kappa shape index (κ3) is 5.62. The van der Waals surface area contributed by atoms with E-state index in [1.807, 2.05) is 32.9 Å². The smallest absolute Gasteiger partial charge is 0.317 e. The summed E-state index contributed by atoms with van der Waals surface area (Å²) >= 11 is 0. The highest BCUT2D eigenvalue weighted by Crippen LogP contribution is 2.46. The fraction of sp³-hybridized carbons (Fsp3) is 0.606. The molecule has 3 aliphatic rings. The second kappa shape index (κ2) is 11.7. The number of phenolic OH excluding ortho intramolecular Hbond substituents is 1. The van der Waals surface area contributed by atoms with E-state index in [2.05, 4.69) is 15.1 Å². The van der Waals surface area contributed by atoms with Crippen molar-refractivity contribution in [3.05, 3.63) is 46.5 Å². The number of hydrogen-bond donors (Lipinski definition) is 1. The molecule has 9 nitrogen and oxygen atoms in total. The highest BCUT2D eigenvalue weighted by molar-refractivity contribution is 6.01. The molecule has 2 saturated carbocycles. The first kappa shape index (κ1) is 28.6. The summed E-state index contributed by atoms with van der Waals surface area (Å²) in [6.07, 6.45) is 9.82. The minimum Gasteiger partial charge on any atom is -0.508 e. The summed E-state index contributed by atoms with van der Waals surface area (Å²) in [6.45, 7) is 6.49. The van der Waals surface area contributed by atoms with Gasteiger partial charge in [-0.2, -0.15) is 4.98 Å². The molecule has 3 heterocycles. The summed E-state index contributed by atoms with van der Waals surface area (Å²) in [5.74, 6) is 1.06. The molecule has 0 radical (unpaired) electrons. The average molecular weight is 575 g/mol. The zero-order valence-electron chi connectivity index (χ0n) is 25.0. The van der Waals surface area contributed by atoms with E-state index in [1.165, 1.54) is 19.3 Å². The molecule has 1 N–H and O–H groups in total. The van der Waals surface area contributed by atoms with Crippen molar-refractivity contribution in [3.8, 4) is 11.5 Å². The van der Waals surface area contributed by atoms with Gasteiger partial charge in [-0.1, -0.05) is 26.2 Å². The topological polar surface area (TPSA) is 116 Å². The molecule has 1 aromatic carbocycles. The Bertz CT molecular complexity index is 1470. The van der Waals surface area contributed by atoms with Crippen LogP contribution in [0.3, 0.4) is 0 Å². The first-order valence-electron chi connectivity index (χ1n) is 15.7. The van der Waals surface area contributed by atoms with Gasteiger partial charge in [0.2, 0.25) is 0 Å². The van der Waals surface area contributed by atoms with E-state index in [4.69, 9.17) is 9.47 Å². The number of carbonyl (C=O) groups excluding carboxylic acids is 2. The molecule has 0 bridgehead atoms. The van der Waals surface area contributed by atoms with E-state index in [0.29, 0.717) is 49.1 Å². The minimum absolute atomic E-state index is 0.0979. The number of ether oxygens (including phenoxy) is 2. The second-order valence-corrected chi connectivity index (χ2v) is 12.7. The van der Waals surface area contributed by atoms with Crippen LogP contribution in [-0.2, 0) is 33.6 Å². The van der Waals surface area contributed by atoms with E-state index < -0.39 is 17.5 Å². The third-order valence-electron chi connectivity index (χ3n) is 9.76. The molecule has 6 rings (SSSR count). The molecule has 2 unspecified atom stereocenters. The van der Waals surface area contributed by atoms with Gasteiger partial charge in [0.1, 0.15) is 23.0 Å². The quantitative estimate of drug-likeness (QED) is 0.252. The molecule has 0 amide bonds. The Balaban J connectivity index is 1.22. The Labute approximate surface area is 247 Å². The van der Waals surface area contributed by atoms with E-state index >= 15 is 0 Å². The van der Waals surface area contributed by atoms with Crippen LogP contribution in [0.4, 0.5) is 0 Å². The lowest BCUT2D eigenvalue weighted by molar-refractivity contribution is -0.185. The van der Waals surface area contributed by atoms with Crippen molar-refractivity contribution in [1.82, 2.24) is 19.6 Å². The zero-order chi connectivity index (χ0) is 29.4. The van der Waals surface area contributed by atoms with Crippen molar-refractivity contribution >= 4 is 17.5 Å². The van der Waals surface area contributed by atoms with Gasteiger partial charge < -0.3 is 14.6 Å². The number of aryl methyl sites for hydroxylation is 4. The molecular weight excluding hydrogens is 532 g/mol. The molecular formula is C33H42N4O5. The van der Waals surface area contributed by atoms with E-state index in [-0.39, 0.29) is 30.3 Å². The van der Waals surface area contributed by atoms with Gasteiger partial charge >= 0.3 is 5.97 Å². The lowest BCUT2D eigenvalue weighted by Crippen LogP contribution is -2.52. The van der Waals surface area contributed by atoms with Gasteiger partial charge in [-0.15, -0.1) is 5.10 Å². The zero-order valence-corrected chi connectivity index (χ0v) is 25.0. The monoisotopic (exact) mass is 574 g/mol. The van der Waals surface area contributed by atoms with Crippen LogP contribution in [0.25, 0.3) is 5.78 Å². The SMILES string of the molecule is CCc1cc(CCC2(C3CCCC3)CC(=O)C(Cc3nc4nc(C)cc(C)n4n3)C(=O)O2)c(OCC2CCC2)cc1O. The van der Waals surface area contributed by atoms with Gasteiger partial charge in [-0.25, -0.2) is 9.50 Å². The van der Waals surface area contributed by atoms with E-state index in [9.17, 15) is 14.7 Å². The van der Waals surface area contributed by atoms with Crippen molar-refractivity contribution < 1.29 is 24.2 Å². The summed E-state index contributed by atoms with van der Waals surface area (Å²) in [4.78, 5) is 36.2. The van der Waals surface area contributed by atoms with Gasteiger partial charge in [0.25, 0.3) is 5.78 Å². The molecule has 2 atom stereocenters. The van der Waals surface area contributed by atoms with Gasteiger partial charge in [-0.3, -0.25) is 9.59 Å². The number of aromatic nitrogens is 4. The van der Waals surface area contributed by atoms with Gasteiger partial charge in [0, 0.05) is 30.3 Å². The van der Waals surface area contributed by atoms with Crippen LogP contribution in [0.5, 0.6) is 11.5 Å². The van der Waals surface area contributed by atoms with Crippen LogP contribution in [0.1, 0.15) is 93.1 Å². The van der Waals surface area contributed by atoms with Crippen molar-refractivity contribution in [2.75, 3.05) is 6.61 Å². The standard InChI is InChI=1S/C33H42N4O5/c1-4-23-15-24(29(17-27(23)38)41-19-22-8-7-9-22)12-13-33(25-10-5-6-11-25)18-28(39)26(31(40)42-33)16-30-35-32-34-20(2)14-21(3)37(32)36-30/h14-15,17,22,25-26,38H,4-13,16,18-19H2,1-3H3. The number of aromatic hydroxyl groups is 1. The normalized spacial score (nSPS) is 23.4. The first-order chi connectivity index (χ1) is 20.2. The molecule has 1 saturated heterocycles. The fourth-order valence-electron chi connectivity index (χ4n) is 7.05. The number of hydrogen-bond acceptors (Lipinski definition) is 8. The average Bonchev–Trinajstić information content (AvgIpc) is 3.60. The summed E-state index contributed by atoms with van der Waals surface area (Å²) in [6, 6.07) is 5.68. The molecule has 3 aromatic rings. The Morgan fingerprint density at radius 3 is 2.52 bits per heavy atom. The first-order valence-corrected chi connectivity index (χ1v) is 15.7. The number of ketones is 1. The Morgan fingerprint density at radius 2 is 1.83 bits per heavy atom. The molecule has 2 aromatic heterocycles. The molecule has 3 fully saturated rings. The Morgan fingerprint density at radius 1 is 1.05 bits per heavy atom. The Kier molecular flexibility index (Phi) is 7.94. The van der Waals surface area contributed by atoms with Crippen LogP contribution >= 0.6 is 0 Å². The van der Waals surface area contributed by atoms with Gasteiger partial charge in [0.15, 0.2) is 11.6 Å². The number of benzene rings is 1. The summed E-state index contributed by atoms with van der Waals surface area (Å²) in [7, 11) is 0. The number of carbonyl (C=O) groups is 2. The number of esters is 1. The van der Waals surface area contributed by atoms with E-state index in [0.717, 1.165) is 48.2 Å². The lowest BCUT2D eigenvalue weighted by Gasteiger charge is -2.43. The summed E-state index contributed by atoms with van der Waals surface area (Å²) in [5.41, 5.74) is 2.76. The van der Waals surface area contributed by atoms with Crippen molar-refractivity contribution in [2.24, 2.45) is 17.8 Å². The fourth-order valence-corrected chi connectivity index (χ4v) is 7.05. The van der Waals surface area contributed by atoms with Gasteiger partial charge in [-0.05, 0) is 93.9 Å². The number of fused-ring (bicyclic) bond motifs is 1. The highest BCUT2D eigenvalue weighted by atomic mass is 16.6. The second-order valence-electron chi connectivity index (χ2n) is 12.7. The summed E-state index contributed by atoms with van der Waals surface area (Å²) in [5, 5.41) is 15.1. The Hall–Kier alpha value is -3.49. The van der Waals surface area contributed by atoms with Crippen LogP contribution in [-0.4, -0.2) is 48.6 Å². The molecule has 9 heteroatoms. The molecule has 0 spiro atoms. The van der Waals surface area contributed by atoms with Crippen LogP contribution in [0, 0.1) is 31.6 Å². The summed E-state index contributed by atoms with van der Waals surface area (Å²) < 4.78 is 14.2. The van der Waals surface area contributed by atoms with Crippen LogP contribution in [0.2, 0.25) is 0 Å². The molecule has 1 aliphatic heterocycles.